The van der Waals surface area contributed by atoms with Crippen molar-refractivity contribution in [1.29, 1.82) is 0 Å². The smallest absolute Gasteiger partial charge is 0.254 e. The van der Waals surface area contributed by atoms with Crippen LogP contribution in [0.15, 0.2) is 85.1 Å². The highest BCUT2D eigenvalue weighted by atomic mass is 16.5. The molecule has 0 aromatic heterocycles. The van der Waals surface area contributed by atoms with Gasteiger partial charge in [0.15, 0.2) is 0 Å². The van der Waals surface area contributed by atoms with Crippen molar-refractivity contribution in [2.24, 2.45) is 5.73 Å². The van der Waals surface area contributed by atoms with Gasteiger partial charge in [-0.1, -0.05) is 60.7 Å². The van der Waals surface area contributed by atoms with Crippen LogP contribution in [0.4, 0.5) is 0 Å². The maximum Gasteiger partial charge on any atom is 0.254 e. The highest BCUT2D eigenvalue weighted by Crippen LogP contribution is 2.40. The highest BCUT2D eigenvalue weighted by Gasteiger charge is 2.45. The Morgan fingerprint density at radius 3 is 2.50 bits per heavy atom. The minimum atomic E-state index is -0.670. The number of benzene rings is 3. The number of amides is 2. The van der Waals surface area contributed by atoms with Crippen LogP contribution < -0.4 is 15.8 Å². The Bertz CT molecular complexity index is 1240. The summed E-state index contributed by atoms with van der Waals surface area (Å²) in [6.07, 6.45) is 1.50. The average molecular weight is 486 g/mol. The second-order valence-corrected chi connectivity index (χ2v) is 8.56. The first-order chi connectivity index (χ1) is 17.6. The molecular weight excluding hydrogens is 454 g/mol. The molecule has 7 heteroatoms. The van der Waals surface area contributed by atoms with Crippen LogP contribution in [0.1, 0.15) is 33.0 Å². The first kappa shape index (κ1) is 25.0. The highest BCUT2D eigenvalue weighted by molar-refractivity contribution is 6.03. The van der Waals surface area contributed by atoms with Crippen LogP contribution in [0.2, 0.25) is 0 Å². The summed E-state index contributed by atoms with van der Waals surface area (Å²) in [7, 11) is 3.20. The number of rotatable bonds is 9. The lowest BCUT2D eigenvalue weighted by Crippen LogP contribution is -2.53. The molecule has 0 aliphatic carbocycles. The minimum Gasteiger partial charge on any atom is -0.497 e. The van der Waals surface area contributed by atoms with Gasteiger partial charge < -0.3 is 25.4 Å². The third kappa shape index (κ3) is 5.11. The molecule has 1 aliphatic rings. The molecule has 2 atom stereocenters. The number of nitrogens with two attached hydrogens (primary N) is 1. The van der Waals surface area contributed by atoms with Crippen molar-refractivity contribution >= 4 is 17.4 Å². The fraction of sp³-hybridized carbons (Fsp3) is 0.241. The van der Waals surface area contributed by atoms with Gasteiger partial charge >= 0.3 is 0 Å². The summed E-state index contributed by atoms with van der Waals surface area (Å²) < 4.78 is 10.6. The zero-order valence-corrected chi connectivity index (χ0v) is 20.5. The third-order valence-corrected chi connectivity index (χ3v) is 6.46. The minimum absolute atomic E-state index is 0.153. The molecule has 3 aromatic rings. The molecule has 0 fully saturated rings. The summed E-state index contributed by atoms with van der Waals surface area (Å²) in [6, 6.07) is 23.8. The van der Waals surface area contributed by atoms with Crippen molar-refractivity contribution in [3.8, 4) is 5.75 Å². The number of methoxy groups -OCH3 is 2. The van der Waals surface area contributed by atoms with Gasteiger partial charge in [0.05, 0.1) is 25.7 Å². The molecule has 2 unspecified atom stereocenters. The Labute approximate surface area is 211 Å². The van der Waals surface area contributed by atoms with Crippen molar-refractivity contribution < 1.29 is 19.1 Å². The molecule has 36 heavy (non-hydrogen) atoms. The van der Waals surface area contributed by atoms with E-state index in [0.717, 1.165) is 16.9 Å². The quantitative estimate of drug-likeness (QED) is 0.483. The molecule has 1 aliphatic heterocycles. The molecule has 1 heterocycles. The summed E-state index contributed by atoms with van der Waals surface area (Å²) in [6.45, 7) is 0.966. The predicted molar refractivity (Wildman–Crippen MR) is 139 cm³/mol. The molecule has 0 bridgehead atoms. The molecule has 3 aromatic carbocycles. The second-order valence-electron chi connectivity index (χ2n) is 8.56. The Balaban J connectivity index is 1.77. The van der Waals surface area contributed by atoms with Crippen molar-refractivity contribution in [2.45, 2.75) is 18.5 Å². The largest absolute Gasteiger partial charge is 0.497 e. The lowest BCUT2D eigenvalue weighted by molar-refractivity contribution is -0.123. The van der Waals surface area contributed by atoms with Crippen LogP contribution in [-0.4, -0.2) is 50.1 Å². The maximum atomic E-state index is 13.9. The average Bonchev–Trinajstić information content (AvgIpc) is 2.93. The summed E-state index contributed by atoms with van der Waals surface area (Å²) in [5.74, 6) is -0.298. The van der Waals surface area contributed by atoms with Crippen LogP contribution in [0, 0.1) is 0 Å². The van der Waals surface area contributed by atoms with E-state index in [1.165, 1.54) is 6.20 Å². The van der Waals surface area contributed by atoms with E-state index in [0.29, 0.717) is 36.4 Å². The van der Waals surface area contributed by atoms with Crippen molar-refractivity contribution in [1.82, 2.24) is 10.2 Å². The van der Waals surface area contributed by atoms with Gasteiger partial charge in [-0.2, -0.15) is 0 Å². The van der Waals surface area contributed by atoms with Crippen LogP contribution >= 0.6 is 0 Å². The number of fused-ring (bicyclic) bond motifs is 1. The Kier molecular flexibility index (Phi) is 8.02. The number of nitrogens with one attached hydrogen (secondary N) is 1. The van der Waals surface area contributed by atoms with E-state index in [1.807, 2.05) is 72.8 Å². The molecule has 0 radical (unpaired) electrons. The maximum absolute atomic E-state index is 13.9. The van der Waals surface area contributed by atoms with Crippen molar-refractivity contribution in [2.75, 3.05) is 27.4 Å². The molecule has 4 rings (SSSR count). The van der Waals surface area contributed by atoms with Crippen LogP contribution in [0.5, 0.6) is 5.75 Å². The van der Waals surface area contributed by atoms with E-state index in [-0.39, 0.29) is 11.8 Å². The molecule has 0 spiro atoms. The van der Waals surface area contributed by atoms with Crippen molar-refractivity contribution in [3.05, 3.63) is 107 Å². The number of hydrogen-bond acceptors (Lipinski definition) is 5. The van der Waals surface area contributed by atoms with E-state index in [4.69, 9.17) is 15.2 Å². The molecule has 0 saturated carbocycles. The number of carbonyl (C=O) groups is 2. The number of hydrogen-bond donors (Lipinski definition) is 2. The van der Waals surface area contributed by atoms with E-state index in [9.17, 15) is 9.59 Å². The van der Waals surface area contributed by atoms with E-state index >= 15 is 0 Å². The van der Waals surface area contributed by atoms with Gasteiger partial charge in [-0.05, 0) is 46.7 Å². The standard InChI is InChI=1S/C29H31N3O4/c1-35-16-15-32-27(25(18-30)21-10-4-3-5-11-21)26(23-13-6-7-14-24(23)29(32)34)28(33)31-19-20-9-8-12-22(17-20)36-2/h3-14,17-18,26-27H,15-16,19,30H2,1-2H3,(H,31,33)/b25-18+. The van der Waals surface area contributed by atoms with Gasteiger partial charge in [0.25, 0.3) is 5.91 Å². The number of nitrogens with zero attached hydrogens (tertiary/aromatic N) is 1. The van der Waals surface area contributed by atoms with Crippen LogP contribution in [0.25, 0.3) is 5.57 Å². The monoisotopic (exact) mass is 485 g/mol. The van der Waals surface area contributed by atoms with E-state index < -0.39 is 12.0 Å². The summed E-state index contributed by atoms with van der Waals surface area (Å²) in [5, 5.41) is 3.08. The summed E-state index contributed by atoms with van der Waals surface area (Å²) >= 11 is 0. The fourth-order valence-corrected chi connectivity index (χ4v) is 4.73. The molecule has 0 saturated heterocycles. The lowest BCUT2D eigenvalue weighted by Gasteiger charge is -2.42. The topological polar surface area (TPSA) is 93.9 Å². The lowest BCUT2D eigenvalue weighted by atomic mass is 9.77. The van der Waals surface area contributed by atoms with Gasteiger partial charge in [-0.15, -0.1) is 0 Å². The van der Waals surface area contributed by atoms with Crippen molar-refractivity contribution in [3.63, 3.8) is 0 Å². The van der Waals surface area contributed by atoms with Gasteiger partial charge in [0.2, 0.25) is 5.91 Å². The predicted octanol–water partition coefficient (Wildman–Crippen LogP) is 3.57. The first-order valence-electron chi connectivity index (χ1n) is 11.9. The van der Waals surface area contributed by atoms with E-state index in [2.05, 4.69) is 5.32 Å². The molecule has 186 valence electrons. The number of carbonyl (C=O) groups excluding carboxylic acids is 2. The van der Waals surface area contributed by atoms with Gasteiger partial charge in [-0.3, -0.25) is 9.59 Å². The second kappa shape index (κ2) is 11.6. The molecular formula is C29H31N3O4. The van der Waals surface area contributed by atoms with Gasteiger partial charge in [-0.25, -0.2) is 0 Å². The van der Waals surface area contributed by atoms with E-state index in [1.54, 1.807) is 25.2 Å². The SMILES string of the molecule is COCCN1C(=O)c2ccccc2C(C(=O)NCc2cccc(OC)c2)C1/C(=C/N)c1ccccc1. The fourth-order valence-electron chi connectivity index (χ4n) is 4.73. The molecule has 3 N–H and O–H groups in total. The Morgan fingerprint density at radius 2 is 1.78 bits per heavy atom. The first-order valence-corrected chi connectivity index (χ1v) is 11.9. The summed E-state index contributed by atoms with van der Waals surface area (Å²) in [5.41, 5.74) is 9.83. The van der Waals surface area contributed by atoms with Crippen LogP contribution in [-0.2, 0) is 16.1 Å². The molecule has 2 amide bonds. The summed E-state index contributed by atoms with van der Waals surface area (Å²) in [4.78, 5) is 29.3. The van der Waals surface area contributed by atoms with Gasteiger partial charge in [0.1, 0.15) is 5.75 Å². The zero-order chi connectivity index (χ0) is 25.5. The molecule has 7 nitrogen and oxygen atoms in total. The number of ether oxygens (including phenoxy) is 2. The normalized spacial score (nSPS) is 17.4. The third-order valence-electron chi connectivity index (χ3n) is 6.46. The van der Waals surface area contributed by atoms with Crippen LogP contribution in [0.3, 0.4) is 0 Å². The van der Waals surface area contributed by atoms with Gasteiger partial charge in [0, 0.05) is 25.8 Å². The Hall–Kier alpha value is -4.10. The Morgan fingerprint density at radius 1 is 1.03 bits per heavy atom. The zero-order valence-electron chi connectivity index (χ0n) is 20.5.